The largest absolute Gasteiger partial charge is 0.448 e. The van der Waals surface area contributed by atoms with Crippen molar-refractivity contribution in [2.24, 2.45) is 0 Å². The number of thiazole rings is 1. The molecule has 1 amide bonds. The van der Waals surface area contributed by atoms with Crippen molar-refractivity contribution in [2.45, 2.75) is 26.9 Å². The van der Waals surface area contributed by atoms with Crippen LogP contribution < -0.4 is 5.32 Å². The maximum Gasteiger partial charge on any atom is 0.351 e. The lowest BCUT2D eigenvalue weighted by Crippen LogP contribution is -2.35. The van der Waals surface area contributed by atoms with Crippen LogP contribution in [0.2, 0.25) is 5.02 Å². The van der Waals surface area contributed by atoms with E-state index >= 15 is 0 Å². The molecule has 2 rings (SSSR count). The van der Waals surface area contributed by atoms with Crippen molar-refractivity contribution >= 4 is 34.8 Å². The van der Waals surface area contributed by atoms with Gasteiger partial charge in [0, 0.05) is 17.1 Å². The first kappa shape index (κ1) is 17.4. The third kappa shape index (κ3) is 4.30. The molecule has 0 radical (unpaired) electrons. The van der Waals surface area contributed by atoms with Gasteiger partial charge < -0.3 is 10.1 Å². The Morgan fingerprint density at radius 3 is 2.83 bits per heavy atom. The van der Waals surface area contributed by atoms with Crippen LogP contribution in [0, 0.1) is 6.92 Å². The van der Waals surface area contributed by atoms with Crippen LogP contribution in [0.4, 0.5) is 0 Å². The summed E-state index contributed by atoms with van der Waals surface area (Å²) in [6.07, 6.45) is -0.849. The second-order valence-corrected chi connectivity index (χ2v) is 6.32. The summed E-state index contributed by atoms with van der Waals surface area (Å²) in [5.74, 6) is -0.870. The molecule has 0 saturated carbocycles. The van der Waals surface area contributed by atoms with E-state index in [0.717, 1.165) is 5.56 Å². The first-order chi connectivity index (χ1) is 10.9. The molecule has 0 aliphatic heterocycles. The number of nitrogens with zero attached hydrogens (tertiary/aromatic N) is 1. The smallest absolute Gasteiger partial charge is 0.351 e. The highest BCUT2D eigenvalue weighted by atomic mass is 35.5. The number of esters is 1. The van der Waals surface area contributed by atoms with Gasteiger partial charge in [-0.2, -0.15) is 0 Å². The maximum atomic E-state index is 12.2. The molecule has 122 valence electrons. The van der Waals surface area contributed by atoms with Gasteiger partial charge in [-0.05, 0) is 32.9 Å². The molecular weight excluding hydrogens is 336 g/mol. The molecule has 0 fully saturated rings. The normalized spacial score (nSPS) is 11.8. The summed E-state index contributed by atoms with van der Waals surface area (Å²) < 4.78 is 5.20. The van der Waals surface area contributed by atoms with Crippen molar-refractivity contribution in [3.05, 3.63) is 39.9 Å². The highest BCUT2D eigenvalue weighted by molar-refractivity contribution is 7.17. The summed E-state index contributed by atoms with van der Waals surface area (Å²) in [6.45, 7) is 5.56. The Kier molecular flexibility index (Phi) is 5.74. The highest BCUT2D eigenvalue weighted by Gasteiger charge is 2.22. The fourth-order valence-electron chi connectivity index (χ4n) is 1.92. The summed E-state index contributed by atoms with van der Waals surface area (Å²) in [7, 11) is 0. The third-order valence-corrected chi connectivity index (χ3v) is 4.48. The summed E-state index contributed by atoms with van der Waals surface area (Å²) in [5.41, 5.74) is 1.40. The van der Waals surface area contributed by atoms with Crippen molar-refractivity contribution in [1.82, 2.24) is 10.3 Å². The van der Waals surface area contributed by atoms with Crippen LogP contribution in [-0.2, 0) is 9.53 Å². The second kappa shape index (κ2) is 7.57. The SMILES string of the molecule is CCNC(=O)[C@@H](C)OC(=O)c1sc(-c2cccc(Cl)c2)nc1C. The maximum absolute atomic E-state index is 12.2. The number of hydrogen-bond acceptors (Lipinski definition) is 5. The zero-order valence-electron chi connectivity index (χ0n) is 13.1. The number of aromatic nitrogens is 1. The van der Waals surface area contributed by atoms with Crippen LogP contribution >= 0.6 is 22.9 Å². The van der Waals surface area contributed by atoms with E-state index in [9.17, 15) is 9.59 Å². The summed E-state index contributed by atoms with van der Waals surface area (Å²) in [5, 5.41) is 3.90. The number of aryl methyl sites for hydroxylation is 1. The Morgan fingerprint density at radius 2 is 2.17 bits per heavy atom. The van der Waals surface area contributed by atoms with Crippen LogP contribution in [0.3, 0.4) is 0 Å². The quantitative estimate of drug-likeness (QED) is 0.837. The van der Waals surface area contributed by atoms with E-state index in [-0.39, 0.29) is 5.91 Å². The Morgan fingerprint density at radius 1 is 1.43 bits per heavy atom. The molecule has 1 aromatic carbocycles. The van der Waals surface area contributed by atoms with Gasteiger partial charge >= 0.3 is 5.97 Å². The fourth-order valence-corrected chi connectivity index (χ4v) is 3.05. The molecule has 0 aliphatic rings. The van der Waals surface area contributed by atoms with Crippen molar-refractivity contribution in [3.63, 3.8) is 0 Å². The van der Waals surface area contributed by atoms with Crippen LogP contribution in [0.5, 0.6) is 0 Å². The molecule has 1 heterocycles. The Labute approximate surface area is 143 Å². The van der Waals surface area contributed by atoms with Crippen molar-refractivity contribution in [3.8, 4) is 10.6 Å². The lowest BCUT2D eigenvalue weighted by molar-refractivity contribution is -0.128. The van der Waals surface area contributed by atoms with Crippen LogP contribution in [0.1, 0.15) is 29.2 Å². The van der Waals surface area contributed by atoms with Gasteiger partial charge in [0.25, 0.3) is 5.91 Å². The van der Waals surface area contributed by atoms with Gasteiger partial charge in [-0.15, -0.1) is 11.3 Å². The number of hydrogen-bond donors (Lipinski definition) is 1. The van der Waals surface area contributed by atoms with Gasteiger partial charge in [-0.1, -0.05) is 23.7 Å². The molecule has 1 N–H and O–H groups in total. The highest BCUT2D eigenvalue weighted by Crippen LogP contribution is 2.30. The van der Waals surface area contributed by atoms with Gasteiger partial charge in [-0.25, -0.2) is 9.78 Å². The number of carbonyl (C=O) groups excluding carboxylic acids is 2. The number of likely N-dealkylation sites (N-methyl/N-ethyl adjacent to an activating group) is 1. The van der Waals surface area contributed by atoms with Crippen LogP contribution in [-0.4, -0.2) is 29.5 Å². The van der Waals surface area contributed by atoms with Crippen molar-refractivity contribution < 1.29 is 14.3 Å². The fraction of sp³-hybridized carbons (Fsp3) is 0.312. The van der Waals surface area contributed by atoms with E-state index in [0.29, 0.717) is 27.1 Å². The zero-order valence-corrected chi connectivity index (χ0v) is 14.6. The average Bonchev–Trinajstić information content (AvgIpc) is 2.89. The predicted octanol–water partition coefficient (Wildman–Crippen LogP) is 3.45. The molecule has 0 aliphatic carbocycles. The van der Waals surface area contributed by atoms with E-state index in [1.54, 1.807) is 26.0 Å². The molecule has 0 saturated heterocycles. The summed E-state index contributed by atoms with van der Waals surface area (Å²) >= 11 is 7.20. The molecule has 0 bridgehead atoms. The first-order valence-corrected chi connectivity index (χ1v) is 8.34. The molecular formula is C16H17ClN2O3S. The molecule has 2 aromatic rings. The monoisotopic (exact) mass is 352 g/mol. The van der Waals surface area contributed by atoms with E-state index in [1.165, 1.54) is 18.3 Å². The van der Waals surface area contributed by atoms with Crippen LogP contribution in [0.15, 0.2) is 24.3 Å². The van der Waals surface area contributed by atoms with Gasteiger partial charge in [-0.3, -0.25) is 4.79 Å². The number of carbonyl (C=O) groups is 2. The van der Waals surface area contributed by atoms with Crippen molar-refractivity contribution in [2.75, 3.05) is 6.54 Å². The minimum Gasteiger partial charge on any atom is -0.448 e. The number of ether oxygens (including phenoxy) is 1. The minimum atomic E-state index is -0.849. The van der Waals surface area contributed by atoms with E-state index in [2.05, 4.69) is 10.3 Å². The van der Waals surface area contributed by atoms with Gasteiger partial charge in [0.05, 0.1) is 5.69 Å². The van der Waals surface area contributed by atoms with Crippen LogP contribution in [0.25, 0.3) is 10.6 Å². The minimum absolute atomic E-state index is 0.321. The molecule has 1 aromatic heterocycles. The molecule has 5 nitrogen and oxygen atoms in total. The number of rotatable bonds is 5. The third-order valence-electron chi connectivity index (χ3n) is 3.06. The lowest BCUT2D eigenvalue weighted by Gasteiger charge is -2.11. The van der Waals surface area contributed by atoms with Gasteiger partial charge in [0.2, 0.25) is 0 Å². The molecule has 0 spiro atoms. The summed E-state index contributed by atoms with van der Waals surface area (Å²) in [4.78, 5) is 28.7. The lowest BCUT2D eigenvalue weighted by atomic mass is 10.2. The van der Waals surface area contributed by atoms with E-state index < -0.39 is 12.1 Å². The number of halogens is 1. The van der Waals surface area contributed by atoms with Gasteiger partial charge in [0.1, 0.15) is 9.88 Å². The topological polar surface area (TPSA) is 68.3 Å². The van der Waals surface area contributed by atoms with Gasteiger partial charge in [0.15, 0.2) is 6.10 Å². The molecule has 1 atom stereocenters. The average molecular weight is 353 g/mol. The summed E-state index contributed by atoms with van der Waals surface area (Å²) in [6, 6.07) is 7.25. The standard InChI is InChI=1S/C16H17ClN2O3S/c1-4-18-14(20)10(3)22-16(21)13-9(2)19-15(23-13)11-6-5-7-12(17)8-11/h5-8,10H,4H2,1-3H3,(H,18,20)/t10-/m1/s1. The Balaban J connectivity index is 2.17. The molecule has 23 heavy (non-hydrogen) atoms. The van der Waals surface area contributed by atoms with E-state index in [1.807, 2.05) is 12.1 Å². The molecule has 7 heteroatoms. The van der Waals surface area contributed by atoms with Crippen molar-refractivity contribution in [1.29, 1.82) is 0 Å². The van der Waals surface area contributed by atoms with E-state index in [4.69, 9.17) is 16.3 Å². The zero-order chi connectivity index (χ0) is 17.0. The number of amides is 1. The Bertz CT molecular complexity index is 730. The first-order valence-electron chi connectivity index (χ1n) is 7.14. The second-order valence-electron chi connectivity index (χ2n) is 4.89. The number of nitrogens with one attached hydrogen (secondary N) is 1. The molecule has 0 unspecified atom stereocenters. The Hall–Kier alpha value is -1.92. The predicted molar refractivity (Wildman–Crippen MR) is 90.9 cm³/mol. The number of benzene rings is 1.